The maximum atomic E-state index is 12.1. The molecule has 0 spiro atoms. The second-order valence-corrected chi connectivity index (χ2v) is 6.42. The number of carbonyl (C=O) groups excluding carboxylic acids is 2. The Morgan fingerprint density at radius 3 is 2.56 bits per heavy atom. The van der Waals surface area contributed by atoms with Crippen molar-refractivity contribution in [1.29, 1.82) is 5.26 Å². The average Bonchev–Trinajstić information content (AvgIpc) is 2.67. The lowest BCUT2D eigenvalue weighted by atomic mass is 9.75. The van der Waals surface area contributed by atoms with E-state index in [0.717, 1.165) is 12.8 Å². The van der Waals surface area contributed by atoms with Crippen molar-refractivity contribution in [2.24, 2.45) is 5.41 Å². The summed E-state index contributed by atoms with van der Waals surface area (Å²) in [7, 11) is 1.33. The molecule has 1 saturated heterocycles. The molecule has 1 aromatic carbocycles. The number of aryl methyl sites for hydroxylation is 1. The van der Waals surface area contributed by atoms with Crippen LogP contribution < -0.4 is 5.32 Å². The topological polar surface area (TPSA) is 82.4 Å². The number of piperidine rings is 1. The molecular weight excluding hydrogens is 318 g/mol. The number of methoxy groups -OCH3 is 1. The Morgan fingerprint density at radius 2 is 1.96 bits per heavy atom. The van der Waals surface area contributed by atoms with Crippen LogP contribution in [-0.2, 0) is 16.0 Å². The molecule has 6 heteroatoms. The molecule has 0 saturated carbocycles. The molecule has 0 atom stereocenters. The Morgan fingerprint density at radius 1 is 1.28 bits per heavy atom. The molecule has 1 N–H and O–H groups in total. The van der Waals surface area contributed by atoms with Crippen molar-refractivity contribution in [3.63, 3.8) is 0 Å². The second-order valence-electron chi connectivity index (χ2n) is 6.42. The van der Waals surface area contributed by atoms with Gasteiger partial charge in [0.25, 0.3) is 0 Å². The monoisotopic (exact) mass is 343 g/mol. The summed E-state index contributed by atoms with van der Waals surface area (Å²) in [6.07, 6.45) is 3.21. The molecular formula is C19H25N3O3. The van der Waals surface area contributed by atoms with Crippen LogP contribution in [0.15, 0.2) is 30.3 Å². The van der Waals surface area contributed by atoms with Gasteiger partial charge in [-0.1, -0.05) is 30.3 Å². The lowest BCUT2D eigenvalue weighted by molar-refractivity contribution is -0.140. The molecule has 25 heavy (non-hydrogen) atoms. The Bertz CT molecular complexity index is 617. The summed E-state index contributed by atoms with van der Waals surface area (Å²) in [5.74, 6) is -0.344. The molecule has 1 heterocycles. The lowest BCUT2D eigenvalue weighted by Crippen LogP contribution is -2.47. The van der Waals surface area contributed by atoms with Crippen LogP contribution in [0.3, 0.4) is 0 Å². The Hall–Kier alpha value is -2.55. The van der Waals surface area contributed by atoms with E-state index in [1.165, 1.54) is 12.7 Å². The van der Waals surface area contributed by atoms with Gasteiger partial charge < -0.3 is 15.0 Å². The van der Waals surface area contributed by atoms with Gasteiger partial charge >= 0.3 is 12.0 Å². The predicted octanol–water partition coefficient (Wildman–Crippen LogP) is 2.50. The quantitative estimate of drug-likeness (QED) is 0.805. The highest BCUT2D eigenvalue weighted by atomic mass is 16.5. The molecule has 0 aromatic heterocycles. The van der Waals surface area contributed by atoms with Crippen molar-refractivity contribution in [1.82, 2.24) is 10.2 Å². The smallest absolute Gasteiger partial charge is 0.317 e. The number of amides is 2. The number of rotatable bonds is 6. The van der Waals surface area contributed by atoms with E-state index in [0.29, 0.717) is 25.9 Å². The van der Waals surface area contributed by atoms with Crippen molar-refractivity contribution in [2.45, 2.75) is 32.1 Å². The number of hydrogen-bond donors (Lipinski definition) is 1. The molecule has 6 nitrogen and oxygen atoms in total. The van der Waals surface area contributed by atoms with Crippen molar-refractivity contribution in [2.75, 3.05) is 26.7 Å². The predicted molar refractivity (Wildman–Crippen MR) is 93.6 cm³/mol. The average molecular weight is 343 g/mol. The third kappa shape index (κ3) is 5.49. The summed E-state index contributed by atoms with van der Waals surface area (Å²) in [6.45, 7) is 1.39. The number of hydrogen-bond acceptors (Lipinski definition) is 4. The van der Waals surface area contributed by atoms with Crippen LogP contribution in [0.2, 0.25) is 0 Å². The molecule has 0 radical (unpaired) electrons. The molecule has 0 bridgehead atoms. The van der Waals surface area contributed by atoms with E-state index in [-0.39, 0.29) is 30.4 Å². The summed E-state index contributed by atoms with van der Waals surface area (Å²) in [6, 6.07) is 12.5. The summed E-state index contributed by atoms with van der Waals surface area (Å²) < 4.78 is 4.54. The zero-order chi connectivity index (χ0) is 18.1. The molecule has 1 aliphatic rings. The van der Waals surface area contributed by atoms with Gasteiger partial charge in [0.05, 0.1) is 25.0 Å². The molecule has 1 aliphatic heterocycles. The largest absolute Gasteiger partial charge is 0.469 e. The van der Waals surface area contributed by atoms with Crippen molar-refractivity contribution >= 4 is 12.0 Å². The van der Waals surface area contributed by atoms with Crippen LogP contribution in [0, 0.1) is 16.7 Å². The van der Waals surface area contributed by atoms with Gasteiger partial charge in [-0.25, -0.2) is 4.79 Å². The van der Waals surface area contributed by atoms with E-state index in [1.54, 1.807) is 4.90 Å². The summed E-state index contributed by atoms with van der Waals surface area (Å²) >= 11 is 0. The Balaban J connectivity index is 1.79. The zero-order valence-electron chi connectivity index (χ0n) is 14.7. The minimum Gasteiger partial charge on any atom is -0.469 e. The third-order valence-corrected chi connectivity index (χ3v) is 4.81. The van der Waals surface area contributed by atoms with Crippen LogP contribution in [0.25, 0.3) is 0 Å². The lowest BCUT2D eigenvalue weighted by Gasteiger charge is -2.37. The van der Waals surface area contributed by atoms with E-state index < -0.39 is 0 Å². The van der Waals surface area contributed by atoms with Gasteiger partial charge in [0, 0.05) is 19.6 Å². The van der Waals surface area contributed by atoms with Gasteiger partial charge in [-0.05, 0) is 31.2 Å². The van der Waals surface area contributed by atoms with E-state index in [1.807, 2.05) is 18.2 Å². The van der Waals surface area contributed by atoms with Gasteiger partial charge in [-0.2, -0.15) is 5.26 Å². The minimum atomic E-state index is -0.362. The van der Waals surface area contributed by atoms with Crippen molar-refractivity contribution in [3.8, 4) is 6.07 Å². The number of ether oxygens (including phenoxy) is 1. The number of nitrogens with zero attached hydrogens (tertiary/aromatic N) is 2. The number of nitriles is 1. The van der Waals surface area contributed by atoms with E-state index in [9.17, 15) is 14.9 Å². The maximum Gasteiger partial charge on any atom is 0.317 e. The van der Waals surface area contributed by atoms with Gasteiger partial charge in [0.15, 0.2) is 0 Å². The standard InChI is InChI=1S/C19H25N3O3/c1-25-17(23)8-12-21-18(24)22-13-10-19(15-20,11-14-22)9-7-16-5-3-2-4-6-16/h2-6H,7-14H2,1H3,(H,21,24). The number of nitrogens with one attached hydrogen (secondary N) is 1. The van der Waals surface area contributed by atoms with Gasteiger partial charge in [0.1, 0.15) is 0 Å². The van der Waals surface area contributed by atoms with Crippen LogP contribution in [0.1, 0.15) is 31.2 Å². The minimum absolute atomic E-state index is 0.162. The summed E-state index contributed by atoms with van der Waals surface area (Å²) in [5, 5.41) is 12.4. The fourth-order valence-corrected chi connectivity index (χ4v) is 3.07. The first-order chi connectivity index (χ1) is 12.1. The van der Waals surface area contributed by atoms with Crippen LogP contribution >= 0.6 is 0 Å². The molecule has 0 unspecified atom stereocenters. The van der Waals surface area contributed by atoms with Crippen LogP contribution in [-0.4, -0.2) is 43.6 Å². The van der Waals surface area contributed by atoms with E-state index in [4.69, 9.17) is 0 Å². The maximum absolute atomic E-state index is 12.1. The molecule has 2 rings (SSSR count). The highest BCUT2D eigenvalue weighted by Gasteiger charge is 2.35. The molecule has 1 fully saturated rings. The van der Waals surface area contributed by atoms with Gasteiger partial charge in [-0.3, -0.25) is 4.79 Å². The SMILES string of the molecule is COC(=O)CCNC(=O)N1CCC(C#N)(CCc2ccccc2)CC1. The first-order valence-corrected chi connectivity index (χ1v) is 8.63. The summed E-state index contributed by atoms with van der Waals surface area (Å²) in [4.78, 5) is 24.9. The fraction of sp³-hybridized carbons (Fsp3) is 0.526. The van der Waals surface area contributed by atoms with Crippen molar-refractivity contribution < 1.29 is 14.3 Å². The Kier molecular flexibility index (Phi) is 6.81. The molecule has 134 valence electrons. The van der Waals surface area contributed by atoms with Gasteiger partial charge in [0.2, 0.25) is 0 Å². The van der Waals surface area contributed by atoms with Crippen LogP contribution in [0.5, 0.6) is 0 Å². The van der Waals surface area contributed by atoms with E-state index >= 15 is 0 Å². The second kappa shape index (κ2) is 9.07. The number of likely N-dealkylation sites (tertiary alicyclic amines) is 1. The third-order valence-electron chi connectivity index (χ3n) is 4.81. The first-order valence-electron chi connectivity index (χ1n) is 8.63. The highest BCUT2D eigenvalue weighted by molar-refractivity contribution is 5.75. The molecule has 1 aromatic rings. The van der Waals surface area contributed by atoms with Gasteiger partial charge in [-0.15, -0.1) is 0 Å². The fourth-order valence-electron chi connectivity index (χ4n) is 3.07. The molecule has 0 aliphatic carbocycles. The number of benzene rings is 1. The number of carbonyl (C=O) groups is 2. The number of urea groups is 1. The van der Waals surface area contributed by atoms with Crippen LogP contribution in [0.4, 0.5) is 4.79 Å². The number of esters is 1. The Labute approximate surface area is 148 Å². The molecule has 2 amide bonds. The first kappa shape index (κ1) is 18.8. The van der Waals surface area contributed by atoms with Crippen molar-refractivity contribution in [3.05, 3.63) is 35.9 Å². The normalized spacial score (nSPS) is 15.9. The zero-order valence-corrected chi connectivity index (χ0v) is 14.7. The highest BCUT2D eigenvalue weighted by Crippen LogP contribution is 2.35. The van der Waals surface area contributed by atoms with E-state index in [2.05, 4.69) is 28.3 Å². The summed E-state index contributed by atoms with van der Waals surface area (Å²) in [5.41, 5.74) is 0.874.